The minimum Gasteiger partial charge on any atom is -0.364 e. The molecule has 1 amide bonds. The number of aryl methyl sites for hydroxylation is 1. The van der Waals surface area contributed by atoms with Gasteiger partial charge in [0.1, 0.15) is 0 Å². The molecule has 1 saturated heterocycles. The fourth-order valence-corrected chi connectivity index (χ4v) is 3.60. The summed E-state index contributed by atoms with van der Waals surface area (Å²) in [6.07, 6.45) is 0. The van der Waals surface area contributed by atoms with Crippen LogP contribution in [0.5, 0.6) is 0 Å². The predicted molar refractivity (Wildman–Crippen MR) is 111 cm³/mol. The smallest absolute Gasteiger partial charge is 0.279 e. The maximum atomic E-state index is 13.3. The molecule has 142 valence electrons. The summed E-state index contributed by atoms with van der Waals surface area (Å²) in [6.45, 7) is 8.18. The molecule has 6 nitrogen and oxygen atoms in total. The number of para-hydroxylation sites is 1. The van der Waals surface area contributed by atoms with Crippen molar-refractivity contribution in [2.24, 2.45) is 0 Å². The average Bonchev–Trinajstić information content (AvgIpc) is 2.74. The highest BCUT2D eigenvalue weighted by Crippen LogP contribution is 2.23. The third-order valence-corrected chi connectivity index (χ3v) is 5.08. The first-order chi connectivity index (χ1) is 13.6. The van der Waals surface area contributed by atoms with Crippen molar-refractivity contribution in [1.29, 1.82) is 0 Å². The van der Waals surface area contributed by atoms with Crippen LogP contribution in [0.4, 0.5) is 5.69 Å². The van der Waals surface area contributed by atoms with E-state index < -0.39 is 0 Å². The Morgan fingerprint density at radius 1 is 1.04 bits per heavy atom. The highest BCUT2D eigenvalue weighted by Gasteiger charge is 2.28. The van der Waals surface area contributed by atoms with E-state index in [1.807, 2.05) is 31.2 Å². The number of aromatic nitrogens is 2. The second-order valence-corrected chi connectivity index (χ2v) is 6.80. The van der Waals surface area contributed by atoms with Crippen LogP contribution in [0.2, 0.25) is 0 Å². The molecule has 0 aliphatic carbocycles. The van der Waals surface area contributed by atoms with Crippen molar-refractivity contribution in [3.05, 3.63) is 82.9 Å². The molecule has 3 aromatic rings. The van der Waals surface area contributed by atoms with E-state index in [9.17, 15) is 9.59 Å². The van der Waals surface area contributed by atoms with E-state index in [-0.39, 0.29) is 11.5 Å². The Hall–Kier alpha value is -3.41. The summed E-state index contributed by atoms with van der Waals surface area (Å²) in [7, 11) is 0. The number of anilines is 1. The zero-order valence-electron chi connectivity index (χ0n) is 15.8. The maximum absolute atomic E-state index is 13.3. The molecule has 0 atom stereocenters. The fraction of sp³-hybridized carbons (Fsp3) is 0.227. The average molecular weight is 374 g/mol. The van der Waals surface area contributed by atoms with Gasteiger partial charge in [-0.15, -0.1) is 0 Å². The molecule has 0 unspecified atom stereocenters. The van der Waals surface area contributed by atoms with Crippen LogP contribution in [0.3, 0.4) is 0 Å². The largest absolute Gasteiger partial charge is 0.364 e. The van der Waals surface area contributed by atoms with Gasteiger partial charge in [0.05, 0.1) is 11.9 Å². The quantitative estimate of drug-likeness (QED) is 0.707. The van der Waals surface area contributed by atoms with Crippen molar-refractivity contribution in [3.8, 4) is 0 Å². The molecular weight excluding hydrogens is 352 g/mol. The third-order valence-electron chi connectivity index (χ3n) is 5.08. The van der Waals surface area contributed by atoms with Gasteiger partial charge in [-0.2, -0.15) is 5.10 Å². The minimum atomic E-state index is -0.212. The van der Waals surface area contributed by atoms with Crippen molar-refractivity contribution < 1.29 is 4.79 Å². The fourth-order valence-electron chi connectivity index (χ4n) is 3.60. The van der Waals surface area contributed by atoms with E-state index in [1.165, 1.54) is 4.68 Å². The Morgan fingerprint density at radius 2 is 1.71 bits per heavy atom. The first kappa shape index (κ1) is 18.0. The van der Waals surface area contributed by atoms with Crippen molar-refractivity contribution in [3.63, 3.8) is 0 Å². The van der Waals surface area contributed by atoms with Crippen LogP contribution in [0.15, 0.2) is 71.7 Å². The number of benzene rings is 2. The molecule has 2 heterocycles. The van der Waals surface area contributed by atoms with Crippen molar-refractivity contribution in [1.82, 2.24) is 14.7 Å². The summed E-state index contributed by atoms with van der Waals surface area (Å²) < 4.78 is 1.35. The van der Waals surface area contributed by atoms with Crippen molar-refractivity contribution in [2.45, 2.75) is 13.5 Å². The van der Waals surface area contributed by atoms with Gasteiger partial charge in [-0.1, -0.05) is 43.0 Å². The lowest BCUT2D eigenvalue weighted by atomic mass is 10.1. The van der Waals surface area contributed by atoms with Gasteiger partial charge in [0.25, 0.3) is 11.5 Å². The molecule has 2 aromatic carbocycles. The van der Waals surface area contributed by atoms with Gasteiger partial charge >= 0.3 is 0 Å². The normalized spacial score (nSPS) is 14.5. The van der Waals surface area contributed by atoms with E-state index in [0.29, 0.717) is 42.6 Å². The Balaban J connectivity index is 1.66. The molecule has 0 N–H and O–H groups in total. The van der Waals surface area contributed by atoms with E-state index in [4.69, 9.17) is 0 Å². The van der Waals surface area contributed by atoms with E-state index in [2.05, 4.69) is 28.7 Å². The highest BCUT2D eigenvalue weighted by atomic mass is 16.2. The lowest BCUT2D eigenvalue weighted by Crippen LogP contribution is -2.47. The predicted octanol–water partition coefficient (Wildman–Crippen LogP) is 2.89. The van der Waals surface area contributed by atoms with Crippen LogP contribution < -0.4 is 10.5 Å². The van der Waals surface area contributed by atoms with Crippen molar-refractivity contribution >= 4 is 22.4 Å². The first-order valence-electron chi connectivity index (χ1n) is 9.39. The molecule has 1 aromatic heterocycles. The maximum Gasteiger partial charge on any atom is 0.279 e. The van der Waals surface area contributed by atoms with Crippen molar-refractivity contribution in [2.75, 3.05) is 24.5 Å². The molecule has 1 aliphatic rings. The Bertz CT molecular complexity index is 1100. The van der Waals surface area contributed by atoms with Crippen LogP contribution >= 0.6 is 0 Å². The first-order valence-corrected chi connectivity index (χ1v) is 9.39. The second kappa shape index (κ2) is 7.31. The lowest BCUT2D eigenvalue weighted by molar-refractivity contribution is 0.0791. The number of hydrogen-bond acceptors (Lipinski definition) is 4. The SMILES string of the molecule is C=C1CN(c2ccccc2)CCN1C(=O)c1nn(CC)c(=O)c2ccccc12. The number of fused-ring (bicyclic) bond motifs is 1. The molecule has 6 heteroatoms. The molecule has 1 fully saturated rings. The number of hydrogen-bond donors (Lipinski definition) is 0. The standard InChI is InChI=1S/C22H22N4O2/c1-3-26-21(27)19-12-8-7-11-18(19)20(23-26)22(28)25-14-13-24(15-16(25)2)17-9-5-4-6-10-17/h4-12H,2-3,13-15H2,1H3. The molecule has 1 aliphatic heterocycles. The molecule has 4 rings (SSSR count). The van der Waals surface area contributed by atoms with Crippen LogP contribution in [0.25, 0.3) is 10.8 Å². The summed E-state index contributed by atoms with van der Waals surface area (Å²) in [5.74, 6) is -0.212. The molecule has 0 saturated carbocycles. The lowest BCUT2D eigenvalue weighted by Gasteiger charge is -2.37. The van der Waals surface area contributed by atoms with Crippen LogP contribution in [-0.4, -0.2) is 40.2 Å². The summed E-state index contributed by atoms with van der Waals surface area (Å²) >= 11 is 0. The highest BCUT2D eigenvalue weighted by molar-refractivity contribution is 6.05. The van der Waals surface area contributed by atoms with Gasteiger partial charge in [0.2, 0.25) is 0 Å². The van der Waals surface area contributed by atoms with Gasteiger partial charge < -0.3 is 9.80 Å². The van der Waals surface area contributed by atoms with Gasteiger partial charge in [0, 0.05) is 36.4 Å². The Morgan fingerprint density at radius 3 is 2.39 bits per heavy atom. The van der Waals surface area contributed by atoms with Crippen LogP contribution in [0, 0.1) is 0 Å². The Kier molecular flexibility index (Phi) is 4.69. The van der Waals surface area contributed by atoms with E-state index >= 15 is 0 Å². The summed E-state index contributed by atoms with van der Waals surface area (Å²) in [5.41, 5.74) is 1.95. The number of carbonyl (C=O) groups is 1. The number of carbonyl (C=O) groups excluding carboxylic acids is 1. The van der Waals surface area contributed by atoms with Gasteiger partial charge in [-0.25, -0.2) is 4.68 Å². The zero-order chi connectivity index (χ0) is 19.7. The topological polar surface area (TPSA) is 58.4 Å². The molecular formula is C22H22N4O2. The number of nitrogens with zero attached hydrogens (tertiary/aromatic N) is 4. The monoisotopic (exact) mass is 374 g/mol. The molecule has 0 radical (unpaired) electrons. The third kappa shape index (κ3) is 3.07. The Labute approximate surface area is 163 Å². The molecule has 28 heavy (non-hydrogen) atoms. The minimum absolute atomic E-state index is 0.178. The van der Waals surface area contributed by atoms with E-state index in [0.717, 1.165) is 11.4 Å². The van der Waals surface area contributed by atoms with Gasteiger partial charge in [-0.3, -0.25) is 9.59 Å². The van der Waals surface area contributed by atoms with E-state index in [1.54, 1.807) is 23.1 Å². The summed E-state index contributed by atoms with van der Waals surface area (Å²) in [5, 5.41) is 5.46. The van der Waals surface area contributed by atoms with Gasteiger partial charge in [0.15, 0.2) is 5.69 Å². The molecule has 0 spiro atoms. The van der Waals surface area contributed by atoms with Crippen LogP contribution in [0.1, 0.15) is 17.4 Å². The second-order valence-electron chi connectivity index (χ2n) is 6.80. The number of piperazine rings is 1. The summed E-state index contributed by atoms with van der Waals surface area (Å²) in [4.78, 5) is 29.7. The number of rotatable bonds is 3. The molecule has 0 bridgehead atoms. The van der Waals surface area contributed by atoms with Gasteiger partial charge in [-0.05, 0) is 25.1 Å². The summed E-state index contributed by atoms with van der Waals surface area (Å²) in [6, 6.07) is 17.2. The van der Waals surface area contributed by atoms with Crippen LogP contribution in [-0.2, 0) is 6.54 Å². The zero-order valence-corrected chi connectivity index (χ0v) is 15.8. The number of amides is 1.